The van der Waals surface area contributed by atoms with Crippen LogP contribution >= 0.6 is 0 Å². The maximum Gasteiger partial charge on any atom is 0.121 e. The van der Waals surface area contributed by atoms with Crippen molar-refractivity contribution in [1.29, 1.82) is 0 Å². The van der Waals surface area contributed by atoms with Gasteiger partial charge in [0.2, 0.25) is 0 Å². The Bertz CT molecular complexity index is 357. The number of nitrogens with two attached hydrogens (primary N) is 4. The van der Waals surface area contributed by atoms with Gasteiger partial charge in [0.05, 0.1) is 0 Å². The molecule has 0 aromatic heterocycles. The fourth-order valence-electron chi connectivity index (χ4n) is 2.29. The molecule has 0 fully saturated rings. The van der Waals surface area contributed by atoms with Crippen molar-refractivity contribution in [2.75, 3.05) is 86.1 Å². The highest BCUT2D eigenvalue weighted by molar-refractivity contribution is 5.49. The second-order valence-corrected chi connectivity index (χ2v) is 6.82. The average Bonchev–Trinajstić information content (AvgIpc) is 2.74. The summed E-state index contributed by atoms with van der Waals surface area (Å²) in [6.07, 6.45) is 5.60. The highest BCUT2D eigenvalue weighted by Crippen LogP contribution is 1.87. The highest BCUT2D eigenvalue weighted by atomic mass is 16.1. The van der Waals surface area contributed by atoms with Crippen molar-refractivity contribution in [1.82, 2.24) is 14.7 Å². The quantitative estimate of drug-likeness (QED) is 0.180. The average molecular weight is 434 g/mol. The number of carbonyl (C=O) groups is 3. The van der Waals surface area contributed by atoms with Crippen LogP contribution in [-0.4, -0.2) is 120 Å². The van der Waals surface area contributed by atoms with Gasteiger partial charge in [-0.05, 0) is 33.6 Å². The molecule has 180 valence electrons. The van der Waals surface area contributed by atoms with E-state index in [0.29, 0.717) is 38.9 Å². The van der Waals surface area contributed by atoms with E-state index >= 15 is 0 Å². The van der Waals surface area contributed by atoms with Gasteiger partial charge < -0.3 is 52.0 Å². The van der Waals surface area contributed by atoms with E-state index in [-0.39, 0.29) is 0 Å². The Kier molecular flexibility index (Phi) is 33.3. The molecule has 0 atom stereocenters. The molecule has 0 saturated heterocycles. The smallest absolute Gasteiger partial charge is 0.121 e. The first-order valence-corrected chi connectivity index (χ1v) is 10.7. The van der Waals surface area contributed by atoms with Crippen molar-refractivity contribution in [2.24, 2.45) is 22.9 Å². The Hall–Kier alpha value is -1.27. The first-order chi connectivity index (χ1) is 14.5. The second-order valence-electron chi connectivity index (χ2n) is 6.82. The van der Waals surface area contributed by atoms with Gasteiger partial charge in [-0.2, -0.15) is 0 Å². The van der Waals surface area contributed by atoms with Gasteiger partial charge in [0.1, 0.15) is 18.9 Å². The van der Waals surface area contributed by atoms with E-state index < -0.39 is 0 Å². The molecule has 10 nitrogen and oxygen atoms in total. The van der Waals surface area contributed by atoms with Crippen molar-refractivity contribution < 1.29 is 14.4 Å². The summed E-state index contributed by atoms with van der Waals surface area (Å²) in [4.78, 5) is 36.1. The molecular formula is C20H47N7O3. The molecule has 30 heavy (non-hydrogen) atoms. The van der Waals surface area contributed by atoms with E-state index in [1.165, 1.54) is 0 Å². The van der Waals surface area contributed by atoms with Crippen molar-refractivity contribution in [2.45, 2.75) is 25.7 Å². The second kappa shape index (κ2) is 29.9. The third-order valence-corrected chi connectivity index (χ3v) is 3.97. The number of nitrogens with zero attached hydrogens (tertiary/aromatic N) is 3. The maximum absolute atomic E-state index is 10.0. The number of hydrogen-bond acceptors (Lipinski definition) is 10. The van der Waals surface area contributed by atoms with Crippen LogP contribution in [0.2, 0.25) is 0 Å². The minimum Gasteiger partial charge on any atom is -0.330 e. The topological polar surface area (TPSA) is 165 Å². The van der Waals surface area contributed by atoms with Crippen molar-refractivity contribution in [3.63, 3.8) is 0 Å². The summed E-state index contributed by atoms with van der Waals surface area (Å²) in [5.74, 6) is 0. The van der Waals surface area contributed by atoms with E-state index in [1.54, 1.807) is 0 Å². The van der Waals surface area contributed by atoms with Gasteiger partial charge in [-0.3, -0.25) is 0 Å². The Morgan fingerprint density at radius 1 is 0.533 bits per heavy atom. The molecule has 0 aromatic carbocycles. The molecule has 0 saturated carbocycles. The van der Waals surface area contributed by atoms with Crippen LogP contribution in [0.1, 0.15) is 25.7 Å². The van der Waals surface area contributed by atoms with Gasteiger partial charge in [-0.25, -0.2) is 0 Å². The predicted molar refractivity (Wildman–Crippen MR) is 124 cm³/mol. The molecule has 0 aromatic rings. The molecule has 0 aliphatic heterocycles. The van der Waals surface area contributed by atoms with E-state index in [4.69, 9.17) is 22.9 Å². The lowest BCUT2D eigenvalue weighted by Gasteiger charge is -2.18. The largest absolute Gasteiger partial charge is 0.330 e. The van der Waals surface area contributed by atoms with Gasteiger partial charge >= 0.3 is 0 Å². The SMILES string of the molecule is CN(CCC=O)CCCN.CN(CCN)CCC=O.NCCN(CCN)CCC=O. The van der Waals surface area contributed by atoms with Crippen LogP contribution in [0.25, 0.3) is 0 Å². The van der Waals surface area contributed by atoms with Crippen LogP contribution in [0.3, 0.4) is 0 Å². The van der Waals surface area contributed by atoms with E-state index in [2.05, 4.69) is 9.80 Å². The molecule has 0 amide bonds. The van der Waals surface area contributed by atoms with Gasteiger partial charge in [-0.1, -0.05) is 0 Å². The molecule has 0 aliphatic rings. The van der Waals surface area contributed by atoms with Crippen molar-refractivity contribution in [3.05, 3.63) is 0 Å². The summed E-state index contributed by atoms with van der Waals surface area (Å²) in [6.45, 7) is 8.59. The number of rotatable bonds is 18. The van der Waals surface area contributed by atoms with E-state index in [0.717, 1.165) is 77.6 Å². The fourth-order valence-corrected chi connectivity index (χ4v) is 2.29. The fraction of sp³-hybridized carbons (Fsp3) is 0.850. The maximum atomic E-state index is 10.0. The van der Waals surface area contributed by atoms with E-state index in [9.17, 15) is 14.4 Å². The normalized spacial score (nSPS) is 10.3. The van der Waals surface area contributed by atoms with Gasteiger partial charge in [-0.15, -0.1) is 0 Å². The zero-order valence-corrected chi connectivity index (χ0v) is 19.2. The summed E-state index contributed by atoms with van der Waals surface area (Å²) < 4.78 is 0. The number of aldehydes is 3. The van der Waals surface area contributed by atoms with Crippen LogP contribution in [-0.2, 0) is 14.4 Å². The molecule has 0 rings (SSSR count). The van der Waals surface area contributed by atoms with E-state index in [1.807, 2.05) is 19.0 Å². The zero-order valence-electron chi connectivity index (χ0n) is 19.2. The van der Waals surface area contributed by atoms with Crippen molar-refractivity contribution in [3.8, 4) is 0 Å². The lowest BCUT2D eigenvalue weighted by atomic mass is 10.3. The lowest BCUT2D eigenvalue weighted by molar-refractivity contribution is -0.108. The molecular weight excluding hydrogens is 386 g/mol. The summed E-state index contributed by atoms with van der Waals surface area (Å²) in [5, 5.41) is 0. The molecule has 0 spiro atoms. The minimum atomic E-state index is 0.569. The highest BCUT2D eigenvalue weighted by Gasteiger charge is 2.00. The standard InChI is InChI=1S/C7H17N3O.C7H16N2O.C6H14N2O/c8-2-5-10(6-3-9)4-1-7-11;1-9(5-2-4-8)6-3-7-10;1-8(5-3-7)4-2-6-9/h7H,1-6,8-9H2;7H,2-6,8H2,1H3;6H,2-5,7H2,1H3. The van der Waals surface area contributed by atoms with Crippen LogP contribution in [0.15, 0.2) is 0 Å². The molecule has 0 radical (unpaired) electrons. The van der Waals surface area contributed by atoms with Gasteiger partial charge in [0.25, 0.3) is 0 Å². The summed E-state index contributed by atoms with van der Waals surface area (Å²) in [7, 11) is 3.95. The van der Waals surface area contributed by atoms with Crippen LogP contribution < -0.4 is 22.9 Å². The molecule has 0 bridgehead atoms. The Balaban J connectivity index is -0.000000366. The number of likely N-dealkylation sites (N-methyl/N-ethyl adjacent to an activating group) is 1. The van der Waals surface area contributed by atoms with Crippen molar-refractivity contribution >= 4 is 18.9 Å². The Morgan fingerprint density at radius 2 is 0.933 bits per heavy atom. The monoisotopic (exact) mass is 433 g/mol. The molecule has 0 aliphatic carbocycles. The molecule has 0 heterocycles. The summed E-state index contributed by atoms with van der Waals surface area (Å²) >= 11 is 0. The molecule has 8 N–H and O–H groups in total. The molecule has 0 unspecified atom stereocenters. The zero-order chi connectivity index (χ0) is 23.5. The van der Waals surface area contributed by atoms with Crippen LogP contribution in [0.5, 0.6) is 0 Å². The summed E-state index contributed by atoms with van der Waals surface area (Å²) in [6, 6.07) is 0. The lowest BCUT2D eigenvalue weighted by Crippen LogP contribution is -2.34. The Morgan fingerprint density at radius 3 is 1.30 bits per heavy atom. The van der Waals surface area contributed by atoms with Gasteiger partial charge in [0.15, 0.2) is 0 Å². The third kappa shape index (κ3) is 31.4. The summed E-state index contributed by atoms with van der Waals surface area (Å²) in [5.41, 5.74) is 21.3. The Labute approximate surface area is 183 Å². The predicted octanol–water partition coefficient (Wildman–Crippen LogP) is -1.88. The third-order valence-electron chi connectivity index (χ3n) is 3.97. The number of hydrogen-bond donors (Lipinski definition) is 4. The van der Waals surface area contributed by atoms with Crippen LogP contribution in [0.4, 0.5) is 0 Å². The minimum absolute atomic E-state index is 0.569. The number of carbonyl (C=O) groups excluding carboxylic acids is 3. The first-order valence-electron chi connectivity index (χ1n) is 10.7. The van der Waals surface area contributed by atoms with Crippen LogP contribution in [0, 0.1) is 0 Å². The molecule has 10 heteroatoms. The first kappa shape index (κ1) is 33.4. The van der Waals surface area contributed by atoms with Gasteiger partial charge in [0, 0.05) is 78.2 Å².